The number of nitrogens with one attached hydrogen (secondary N) is 1. The minimum Gasteiger partial charge on any atom is -0.497 e. The summed E-state index contributed by atoms with van der Waals surface area (Å²) in [6.45, 7) is 8.07. The molecular weight excluding hydrogens is 326 g/mol. The second-order valence-corrected chi connectivity index (χ2v) is 6.58. The smallest absolute Gasteiger partial charge is 0.261 e. The van der Waals surface area contributed by atoms with Gasteiger partial charge in [0.2, 0.25) is 0 Å². The molecule has 0 spiro atoms. The quantitative estimate of drug-likeness (QED) is 0.744. The van der Waals surface area contributed by atoms with Crippen molar-refractivity contribution in [3.05, 3.63) is 59.2 Å². The van der Waals surface area contributed by atoms with Gasteiger partial charge in [-0.05, 0) is 67.6 Å². The fourth-order valence-corrected chi connectivity index (χ4v) is 3.01. The summed E-state index contributed by atoms with van der Waals surface area (Å²) in [5.41, 5.74) is 3.31. The number of rotatable bonds is 8. The van der Waals surface area contributed by atoms with Crippen molar-refractivity contribution in [2.45, 2.75) is 52.7 Å². The van der Waals surface area contributed by atoms with Gasteiger partial charge in [-0.3, -0.25) is 4.79 Å². The Morgan fingerprint density at radius 2 is 1.58 bits per heavy atom. The summed E-state index contributed by atoms with van der Waals surface area (Å²) < 4.78 is 11.2. The molecule has 26 heavy (non-hydrogen) atoms. The Labute approximate surface area is 156 Å². The van der Waals surface area contributed by atoms with E-state index in [4.69, 9.17) is 9.47 Å². The maximum absolute atomic E-state index is 12.8. The Hall–Kier alpha value is -2.49. The fraction of sp³-hybridized carbons (Fsp3) is 0.409. The first-order chi connectivity index (χ1) is 12.5. The van der Waals surface area contributed by atoms with Gasteiger partial charge >= 0.3 is 0 Å². The predicted molar refractivity (Wildman–Crippen MR) is 105 cm³/mol. The molecule has 1 N–H and O–H groups in total. The number of amides is 1. The van der Waals surface area contributed by atoms with Gasteiger partial charge in [0, 0.05) is 0 Å². The first-order valence-electron chi connectivity index (χ1n) is 9.16. The Morgan fingerprint density at radius 3 is 2.08 bits per heavy atom. The van der Waals surface area contributed by atoms with Crippen molar-refractivity contribution < 1.29 is 14.3 Å². The SMILES string of the molecule is CC[C@H](Oc1cc(C)cc(C)c1)C(=O)N[C@@H](CC)c1ccc(OC)cc1. The Morgan fingerprint density at radius 1 is 0.962 bits per heavy atom. The zero-order valence-corrected chi connectivity index (χ0v) is 16.3. The van der Waals surface area contributed by atoms with Gasteiger partial charge in [0.25, 0.3) is 5.91 Å². The molecule has 0 saturated carbocycles. The average Bonchev–Trinajstić information content (AvgIpc) is 2.63. The molecule has 2 aromatic carbocycles. The highest BCUT2D eigenvalue weighted by molar-refractivity contribution is 5.81. The highest BCUT2D eigenvalue weighted by Gasteiger charge is 2.22. The van der Waals surface area contributed by atoms with Crippen LogP contribution in [0.4, 0.5) is 0 Å². The molecule has 0 aromatic heterocycles. The second-order valence-electron chi connectivity index (χ2n) is 6.58. The number of carbonyl (C=O) groups excluding carboxylic acids is 1. The third-order valence-electron chi connectivity index (χ3n) is 4.38. The topological polar surface area (TPSA) is 47.6 Å². The van der Waals surface area contributed by atoms with Crippen LogP contribution in [0.5, 0.6) is 11.5 Å². The minimum absolute atomic E-state index is 0.0506. The van der Waals surface area contributed by atoms with E-state index >= 15 is 0 Å². The summed E-state index contributed by atoms with van der Waals surface area (Å²) in [5.74, 6) is 1.45. The highest BCUT2D eigenvalue weighted by atomic mass is 16.5. The summed E-state index contributed by atoms with van der Waals surface area (Å²) in [5, 5.41) is 3.12. The number of ether oxygens (including phenoxy) is 2. The van der Waals surface area contributed by atoms with Gasteiger partial charge < -0.3 is 14.8 Å². The van der Waals surface area contributed by atoms with Gasteiger partial charge in [-0.15, -0.1) is 0 Å². The summed E-state index contributed by atoms with van der Waals surface area (Å²) in [7, 11) is 1.64. The lowest BCUT2D eigenvalue weighted by atomic mass is 10.0. The zero-order valence-electron chi connectivity index (χ0n) is 16.3. The first-order valence-corrected chi connectivity index (χ1v) is 9.16. The number of aryl methyl sites for hydroxylation is 2. The standard InChI is InChI=1S/C22H29NO3/c1-6-20(17-8-10-18(25-5)11-9-17)23-22(24)21(7-2)26-19-13-15(3)12-16(4)14-19/h8-14,20-21H,6-7H2,1-5H3,(H,23,24)/t20-,21-/m0/s1. The van der Waals surface area contributed by atoms with Crippen LogP contribution in [0.25, 0.3) is 0 Å². The maximum Gasteiger partial charge on any atom is 0.261 e. The van der Waals surface area contributed by atoms with Gasteiger partial charge in [0.05, 0.1) is 13.2 Å². The van der Waals surface area contributed by atoms with Crippen LogP contribution < -0.4 is 14.8 Å². The molecular formula is C22H29NO3. The maximum atomic E-state index is 12.8. The second kappa shape index (κ2) is 9.27. The van der Waals surface area contributed by atoms with E-state index in [9.17, 15) is 4.79 Å². The molecule has 0 bridgehead atoms. The summed E-state index contributed by atoms with van der Waals surface area (Å²) in [6, 6.07) is 13.8. The largest absolute Gasteiger partial charge is 0.497 e. The lowest BCUT2D eigenvalue weighted by Gasteiger charge is -2.23. The van der Waals surface area contributed by atoms with E-state index in [0.29, 0.717) is 6.42 Å². The zero-order chi connectivity index (χ0) is 19.1. The van der Waals surface area contributed by atoms with E-state index in [1.165, 1.54) is 0 Å². The number of carbonyl (C=O) groups is 1. The van der Waals surface area contributed by atoms with Gasteiger partial charge in [0.1, 0.15) is 11.5 Å². The van der Waals surface area contributed by atoms with Crippen molar-refractivity contribution in [1.29, 1.82) is 0 Å². The molecule has 4 heteroatoms. The summed E-state index contributed by atoms with van der Waals surface area (Å²) in [4.78, 5) is 12.8. The molecule has 0 aliphatic rings. The van der Waals surface area contributed by atoms with Crippen LogP contribution in [-0.2, 0) is 4.79 Å². The van der Waals surface area contributed by atoms with Crippen molar-refractivity contribution in [2.75, 3.05) is 7.11 Å². The van der Waals surface area contributed by atoms with E-state index in [-0.39, 0.29) is 11.9 Å². The van der Waals surface area contributed by atoms with Crippen LogP contribution in [-0.4, -0.2) is 19.1 Å². The molecule has 2 rings (SSSR count). The third-order valence-corrected chi connectivity index (χ3v) is 4.38. The van der Waals surface area contributed by atoms with Crippen molar-refractivity contribution in [3.8, 4) is 11.5 Å². The van der Waals surface area contributed by atoms with Crippen LogP contribution in [0.15, 0.2) is 42.5 Å². The van der Waals surface area contributed by atoms with Crippen molar-refractivity contribution in [1.82, 2.24) is 5.32 Å². The molecule has 0 aliphatic heterocycles. The number of benzene rings is 2. The molecule has 0 saturated heterocycles. The Kier molecular flexibility index (Phi) is 7.07. The summed E-state index contributed by atoms with van der Waals surface area (Å²) in [6.07, 6.45) is 0.902. The monoisotopic (exact) mass is 355 g/mol. The lowest BCUT2D eigenvalue weighted by Crippen LogP contribution is -2.40. The first kappa shape index (κ1) is 19.8. The predicted octanol–water partition coefficient (Wildman–Crippen LogP) is 4.74. The molecule has 2 aromatic rings. The van der Waals surface area contributed by atoms with Gasteiger partial charge in [0.15, 0.2) is 6.10 Å². The molecule has 0 aliphatic carbocycles. The highest BCUT2D eigenvalue weighted by Crippen LogP contribution is 2.22. The minimum atomic E-state index is -0.511. The normalized spacial score (nSPS) is 13.0. The fourth-order valence-electron chi connectivity index (χ4n) is 3.01. The van der Waals surface area contributed by atoms with Gasteiger partial charge in [-0.1, -0.05) is 32.0 Å². The van der Waals surface area contributed by atoms with E-state index in [0.717, 1.165) is 34.6 Å². The van der Waals surface area contributed by atoms with Gasteiger partial charge in [-0.2, -0.15) is 0 Å². The van der Waals surface area contributed by atoms with Crippen LogP contribution in [0.3, 0.4) is 0 Å². The number of hydrogen-bond donors (Lipinski definition) is 1. The van der Waals surface area contributed by atoms with Crippen molar-refractivity contribution >= 4 is 5.91 Å². The molecule has 1 amide bonds. The molecule has 0 radical (unpaired) electrons. The Balaban J connectivity index is 2.08. The molecule has 0 fully saturated rings. The average molecular weight is 355 g/mol. The van der Waals surface area contributed by atoms with Crippen LogP contribution in [0.2, 0.25) is 0 Å². The van der Waals surface area contributed by atoms with Crippen LogP contribution >= 0.6 is 0 Å². The van der Waals surface area contributed by atoms with Crippen LogP contribution in [0.1, 0.15) is 49.4 Å². The summed E-state index contributed by atoms with van der Waals surface area (Å²) >= 11 is 0. The van der Waals surface area contributed by atoms with Gasteiger partial charge in [-0.25, -0.2) is 0 Å². The third kappa shape index (κ3) is 5.25. The molecule has 0 heterocycles. The lowest BCUT2D eigenvalue weighted by molar-refractivity contribution is -0.128. The molecule has 140 valence electrons. The van der Waals surface area contributed by atoms with E-state index in [2.05, 4.69) is 18.3 Å². The Bertz CT molecular complexity index is 704. The van der Waals surface area contributed by atoms with Crippen molar-refractivity contribution in [3.63, 3.8) is 0 Å². The van der Waals surface area contributed by atoms with E-state index in [1.807, 2.05) is 57.2 Å². The van der Waals surface area contributed by atoms with E-state index < -0.39 is 6.10 Å². The molecule has 2 atom stereocenters. The van der Waals surface area contributed by atoms with E-state index in [1.54, 1.807) is 7.11 Å². The number of hydrogen-bond acceptors (Lipinski definition) is 3. The van der Waals surface area contributed by atoms with Crippen LogP contribution in [0, 0.1) is 13.8 Å². The molecule has 0 unspecified atom stereocenters. The molecule has 4 nitrogen and oxygen atoms in total. The number of methoxy groups -OCH3 is 1. The van der Waals surface area contributed by atoms with Crippen molar-refractivity contribution in [2.24, 2.45) is 0 Å².